The van der Waals surface area contributed by atoms with Crippen LogP contribution in [0.25, 0.3) is 5.82 Å². The van der Waals surface area contributed by atoms with Crippen molar-refractivity contribution in [1.82, 2.24) is 19.7 Å². The average Bonchev–Trinajstić information content (AvgIpc) is 3.06. The molecule has 0 saturated carbocycles. The molecule has 8 nitrogen and oxygen atoms in total. The van der Waals surface area contributed by atoms with Crippen LogP contribution in [-0.2, 0) is 10.0 Å². The van der Waals surface area contributed by atoms with E-state index in [1.54, 1.807) is 17.7 Å². The molecule has 0 amide bonds. The van der Waals surface area contributed by atoms with E-state index in [1.807, 2.05) is 19.9 Å². The lowest BCUT2D eigenvalue weighted by Crippen LogP contribution is -2.16. The van der Waals surface area contributed by atoms with Gasteiger partial charge in [0.15, 0.2) is 10.7 Å². The van der Waals surface area contributed by atoms with Crippen molar-refractivity contribution in [2.45, 2.75) is 25.7 Å². The van der Waals surface area contributed by atoms with Crippen molar-refractivity contribution in [3.63, 3.8) is 0 Å². The monoisotopic (exact) mass is 471 g/mol. The van der Waals surface area contributed by atoms with Gasteiger partial charge in [-0.15, -0.1) is 0 Å². The van der Waals surface area contributed by atoms with Crippen molar-refractivity contribution in [1.29, 1.82) is 0 Å². The molecule has 0 atom stereocenters. The number of aromatic nitrogens is 4. The number of sulfonamides is 1. The molecule has 33 heavy (non-hydrogen) atoms. The Hall–Kier alpha value is -3.86. The largest absolute Gasteiger partial charge is 0.439 e. The third-order valence-electron chi connectivity index (χ3n) is 4.54. The molecule has 0 fully saturated rings. The van der Waals surface area contributed by atoms with Crippen LogP contribution in [0.4, 0.5) is 14.5 Å². The maximum atomic E-state index is 13.9. The fourth-order valence-electron chi connectivity index (χ4n) is 3.20. The summed E-state index contributed by atoms with van der Waals surface area (Å²) in [4.78, 5) is 7.61. The summed E-state index contributed by atoms with van der Waals surface area (Å²) in [6, 6.07) is 12.2. The second-order valence-electron chi connectivity index (χ2n) is 7.23. The second-order valence-corrected chi connectivity index (χ2v) is 8.85. The molecule has 2 aromatic heterocycles. The molecule has 170 valence electrons. The van der Waals surface area contributed by atoms with Gasteiger partial charge in [-0.25, -0.2) is 26.9 Å². The normalized spacial score (nSPS) is 11.4. The molecule has 4 rings (SSSR count). The molecule has 0 bridgehead atoms. The van der Waals surface area contributed by atoms with Gasteiger partial charge in [-0.1, -0.05) is 6.07 Å². The number of hydrogen-bond donors (Lipinski definition) is 1. The van der Waals surface area contributed by atoms with E-state index in [0.717, 1.165) is 29.6 Å². The molecule has 0 radical (unpaired) electrons. The van der Waals surface area contributed by atoms with Crippen LogP contribution in [0.3, 0.4) is 0 Å². The van der Waals surface area contributed by atoms with Crippen molar-refractivity contribution in [2.24, 2.45) is 0 Å². The highest BCUT2D eigenvalue weighted by molar-refractivity contribution is 7.92. The Morgan fingerprint density at radius 2 is 1.61 bits per heavy atom. The highest BCUT2D eigenvalue weighted by atomic mass is 32.2. The molecular weight excluding hydrogens is 452 g/mol. The second kappa shape index (κ2) is 8.58. The van der Waals surface area contributed by atoms with Crippen LogP contribution in [0.5, 0.6) is 11.6 Å². The van der Waals surface area contributed by atoms with E-state index in [0.29, 0.717) is 17.4 Å². The van der Waals surface area contributed by atoms with Crippen LogP contribution in [0.15, 0.2) is 59.5 Å². The summed E-state index contributed by atoms with van der Waals surface area (Å²) in [6.45, 7) is 5.51. The van der Waals surface area contributed by atoms with Crippen molar-refractivity contribution in [2.75, 3.05) is 4.72 Å². The van der Waals surface area contributed by atoms with E-state index < -0.39 is 26.6 Å². The van der Waals surface area contributed by atoms with E-state index in [1.165, 1.54) is 24.3 Å². The number of hydrogen-bond acceptors (Lipinski definition) is 6. The van der Waals surface area contributed by atoms with Gasteiger partial charge in [0.25, 0.3) is 10.0 Å². The van der Waals surface area contributed by atoms with Crippen LogP contribution < -0.4 is 9.46 Å². The first-order valence-electron chi connectivity index (χ1n) is 9.76. The lowest BCUT2D eigenvalue weighted by atomic mass is 10.3. The molecule has 0 aliphatic rings. The van der Waals surface area contributed by atoms with Crippen LogP contribution in [-0.4, -0.2) is 28.2 Å². The van der Waals surface area contributed by atoms with Crippen LogP contribution >= 0.6 is 0 Å². The smallest absolute Gasteiger partial charge is 0.267 e. The minimum Gasteiger partial charge on any atom is -0.439 e. The average molecular weight is 471 g/mol. The molecule has 0 saturated heterocycles. The van der Waals surface area contributed by atoms with E-state index in [9.17, 15) is 17.2 Å². The minimum absolute atomic E-state index is 0.104. The van der Waals surface area contributed by atoms with Gasteiger partial charge in [0, 0.05) is 17.4 Å². The van der Waals surface area contributed by atoms with Gasteiger partial charge in [-0.3, -0.25) is 4.72 Å². The van der Waals surface area contributed by atoms with Gasteiger partial charge in [-0.05, 0) is 63.2 Å². The van der Waals surface area contributed by atoms with Gasteiger partial charge >= 0.3 is 0 Å². The number of aryl methyl sites for hydroxylation is 3. The van der Waals surface area contributed by atoms with Crippen LogP contribution in [0.2, 0.25) is 0 Å². The van der Waals surface area contributed by atoms with Crippen molar-refractivity contribution >= 4 is 15.7 Å². The first-order chi connectivity index (χ1) is 15.6. The standard InChI is InChI=1S/C22H19F2N5O3S/c1-13-11-14(2)29(27-13)20-12-21(26-15(3)25-20)32-17-9-7-16(8-10-17)28-33(30,31)22-18(23)5-4-6-19(22)24/h4-12,28H,1-3H3. The lowest BCUT2D eigenvalue weighted by molar-refractivity contribution is 0.459. The molecule has 2 heterocycles. The highest BCUT2D eigenvalue weighted by Gasteiger charge is 2.23. The lowest BCUT2D eigenvalue weighted by Gasteiger charge is -2.11. The van der Waals surface area contributed by atoms with Gasteiger partial charge in [0.05, 0.1) is 5.69 Å². The molecular formula is C22H19F2N5O3S. The van der Waals surface area contributed by atoms with E-state index in [2.05, 4.69) is 19.8 Å². The van der Waals surface area contributed by atoms with Gasteiger partial charge in [0.1, 0.15) is 23.2 Å². The Bertz CT molecular complexity index is 1420. The summed E-state index contributed by atoms with van der Waals surface area (Å²) >= 11 is 0. The Balaban J connectivity index is 1.54. The highest BCUT2D eigenvalue weighted by Crippen LogP contribution is 2.26. The van der Waals surface area contributed by atoms with E-state index >= 15 is 0 Å². The topological polar surface area (TPSA) is 99.0 Å². The SMILES string of the molecule is Cc1cc(C)n(-c2cc(Oc3ccc(NS(=O)(=O)c4c(F)cccc4F)cc3)nc(C)n2)n1. The summed E-state index contributed by atoms with van der Waals surface area (Å²) < 4.78 is 62.2. The molecule has 0 spiro atoms. The van der Waals surface area contributed by atoms with Gasteiger partial charge < -0.3 is 4.74 Å². The fraction of sp³-hybridized carbons (Fsp3) is 0.136. The fourth-order valence-corrected chi connectivity index (χ4v) is 4.40. The zero-order chi connectivity index (χ0) is 23.8. The zero-order valence-corrected chi connectivity index (χ0v) is 18.7. The molecule has 1 N–H and O–H groups in total. The summed E-state index contributed by atoms with van der Waals surface area (Å²) in [5.74, 6) is -0.704. The van der Waals surface area contributed by atoms with E-state index in [4.69, 9.17) is 4.74 Å². The predicted molar refractivity (Wildman–Crippen MR) is 117 cm³/mol. The van der Waals surface area contributed by atoms with Crippen molar-refractivity contribution < 1.29 is 21.9 Å². The number of rotatable bonds is 6. The number of nitrogens with one attached hydrogen (secondary N) is 1. The number of benzene rings is 2. The third kappa shape index (κ3) is 4.82. The molecule has 0 unspecified atom stereocenters. The summed E-state index contributed by atoms with van der Waals surface area (Å²) in [5.41, 5.74) is 1.85. The maximum absolute atomic E-state index is 13.9. The van der Waals surface area contributed by atoms with Gasteiger partial charge in [-0.2, -0.15) is 10.1 Å². The zero-order valence-electron chi connectivity index (χ0n) is 17.9. The predicted octanol–water partition coefficient (Wildman–Crippen LogP) is 4.46. The Labute approximate surface area is 188 Å². The summed E-state index contributed by atoms with van der Waals surface area (Å²) in [6.07, 6.45) is 0. The summed E-state index contributed by atoms with van der Waals surface area (Å²) in [5, 5.41) is 4.41. The molecule has 0 aliphatic carbocycles. The van der Waals surface area contributed by atoms with Crippen molar-refractivity contribution in [3.05, 3.63) is 83.4 Å². The molecule has 2 aromatic carbocycles. The number of anilines is 1. The minimum atomic E-state index is -4.46. The molecule has 0 aliphatic heterocycles. The number of nitrogens with zero attached hydrogens (tertiary/aromatic N) is 4. The number of ether oxygens (including phenoxy) is 1. The quantitative estimate of drug-likeness (QED) is 0.446. The van der Waals surface area contributed by atoms with Gasteiger partial charge in [0.2, 0.25) is 5.88 Å². The molecule has 4 aromatic rings. The maximum Gasteiger partial charge on any atom is 0.267 e. The van der Waals surface area contributed by atoms with E-state index in [-0.39, 0.29) is 11.6 Å². The summed E-state index contributed by atoms with van der Waals surface area (Å²) in [7, 11) is -4.46. The number of halogens is 2. The Kier molecular flexibility index (Phi) is 5.81. The molecule has 11 heteroatoms. The first-order valence-corrected chi connectivity index (χ1v) is 11.2. The first kappa shape index (κ1) is 22.3. The Morgan fingerprint density at radius 1 is 0.939 bits per heavy atom. The Morgan fingerprint density at radius 3 is 2.21 bits per heavy atom. The van der Waals surface area contributed by atoms with Crippen molar-refractivity contribution in [3.8, 4) is 17.4 Å². The third-order valence-corrected chi connectivity index (χ3v) is 5.98. The van der Waals surface area contributed by atoms with Crippen LogP contribution in [0.1, 0.15) is 17.2 Å². The van der Waals surface area contributed by atoms with Crippen LogP contribution in [0, 0.1) is 32.4 Å².